The molecule has 51 heavy (non-hydrogen) atoms. The molecule has 0 aliphatic carbocycles. The topological polar surface area (TPSA) is 23.0 Å². The minimum Gasteiger partial charge on any atom is -0.456 e. The lowest BCUT2D eigenvalue weighted by Gasteiger charge is -2.16. The third-order valence-corrected chi connectivity index (χ3v) is 11.0. The van der Waals surface area contributed by atoms with Gasteiger partial charge in [-0.05, 0) is 87.9 Å². The molecule has 0 aliphatic rings. The average molecular weight is 649 g/mol. The van der Waals surface area contributed by atoms with E-state index in [-0.39, 0.29) is 0 Å². The Hall–Kier alpha value is -6.84. The molecule has 9 aromatic carbocycles. The van der Waals surface area contributed by atoms with Gasteiger partial charge in [0.25, 0.3) is 0 Å². The van der Waals surface area contributed by atoms with Crippen LogP contribution < -0.4 is 0 Å². The van der Waals surface area contributed by atoms with Crippen molar-refractivity contribution in [2.24, 2.45) is 0 Å². The summed E-state index contributed by atoms with van der Waals surface area (Å²) in [5.41, 5.74) is 11.4. The zero-order chi connectivity index (χ0) is 33.2. The molecule has 0 N–H and O–H groups in total. The number of benzene rings is 9. The summed E-state index contributed by atoms with van der Waals surface area (Å²) in [7, 11) is 0. The highest BCUT2D eigenvalue weighted by atomic mass is 16.3. The first kappa shape index (κ1) is 27.0. The summed E-state index contributed by atoms with van der Waals surface area (Å²) >= 11 is 0. The number of nitrogens with zero attached hydrogens (tertiary/aromatic N) is 2. The summed E-state index contributed by atoms with van der Waals surface area (Å²) in [6, 6.07) is 61.7. The minimum atomic E-state index is 0.918. The monoisotopic (exact) mass is 648 g/mol. The molecule has 236 valence electrons. The fourth-order valence-corrected chi connectivity index (χ4v) is 8.92. The maximum atomic E-state index is 6.59. The Labute approximate surface area is 292 Å². The summed E-state index contributed by atoms with van der Waals surface area (Å²) in [6.07, 6.45) is 0. The van der Waals surface area contributed by atoms with E-state index >= 15 is 0 Å². The molecule has 12 rings (SSSR count). The Morgan fingerprint density at radius 3 is 1.71 bits per heavy atom. The van der Waals surface area contributed by atoms with Crippen LogP contribution in [-0.2, 0) is 0 Å². The van der Waals surface area contributed by atoms with Crippen molar-refractivity contribution in [1.82, 2.24) is 9.13 Å². The van der Waals surface area contributed by atoms with E-state index in [0.717, 1.165) is 22.5 Å². The fraction of sp³-hybridized carbons (Fsp3) is 0. The molecule has 3 heteroatoms. The van der Waals surface area contributed by atoms with Gasteiger partial charge in [-0.3, -0.25) is 0 Å². The quantitative estimate of drug-likeness (QED) is 0.175. The average Bonchev–Trinajstić information content (AvgIpc) is 3.85. The number of hydrogen-bond donors (Lipinski definition) is 0. The highest BCUT2D eigenvalue weighted by Gasteiger charge is 2.24. The lowest BCUT2D eigenvalue weighted by molar-refractivity contribution is 0.669. The van der Waals surface area contributed by atoms with E-state index < -0.39 is 0 Å². The molecular weight excluding hydrogens is 621 g/mol. The predicted octanol–water partition coefficient (Wildman–Crippen LogP) is 13.2. The molecular formula is C48H28N2O. The molecule has 0 radical (unpaired) electrons. The first-order chi connectivity index (χ1) is 25.3. The van der Waals surface area contributed by atoms with Crippen LogP contribution in [0.1, 0.15) is 0 Å². The molecule has 12 aromatic rings. The van der Waals surface area contributed by atoms with Crippen molar-refractivity contribution in [2.75, 3.05) is 0 Å². The van der Waals surface area contributed by atoms with Crippen LogP contribution in [0.2, 0.25) is 0 Å². The maximum absolute atomic E-state index is 6.59. The van der Waals surface area contributed by atoms with Gasteiger partial charge in [0.05, 0.1) is 27.8 Å². The molecule has 0 saturated heterocycles. The highest BCUT2D eigenvalue weighted by Crippen LogP contribution is 2.47. The van der Waals surface area contributed by atoms with Crippen molar-refractivity contribution < 1.29 is 4.42 Å². The van der Waals surface area contributed by atoms with Gasteiger partial charge in [0, 0.05) is 43.4 Å². The van der Waals surface area contributed by atoms with Crippen LogP contribution >= 0.6 is 0 Å². The number of rotatable bonds is 3. The van der Waals surface area contributed by atoms with Crippen molar-refractivity contribution in [3.05, 3.63) is 170 Å². The van der Waals surface area contributed by atoms with Crippen molar-refractivity contribution in [2.45, 2.75) is 0 Å². The number of fused-ring (bicyclic) bond motifs is 9. The third kappa shape index (κ3) is 3.57. The van der Waals surface area contributed by atoms with Gasteiger partial charge in [-0.1, -0.05) is 109 Å². The molecule has 3 nitrogen and oxygen atoms in total. The second-order valence-electron chi connectivity index (χ2n) is 13.7. The van der Waals surface area contributed by atoms with Crippen molar-refractivity contribution in [3.8, 4) is 22.5 Å². The van der Waals surface area contributed by atoms with Crippen LogP contribution in [0.3, 0.4) is 0 Å². The summed E-state index contributed by atoms with van der Waals surface area (Å²) in [5, 5.41) is 12.2. The van der Waals surface area contributed by atoms with Gasteiger partial charge in [-0.15, -0.1) is 0 Å². The number of hydrogen-bond acceptors (Lipinski definition) is 1. The van der Waals surface area contributed by atoms with Crippen molar-refractivity contribution in [3.63, 3.8) is 0 Å². The van der Waals surface area contributed by atoms with Crippen LogP contribution in [0.4, 0.5) is 0 Å². The molecule has 3 heterocycles. The van der Waals surface area contributed by atoms with E-state index in [2.05, 4.69) is 179 Å². The summed E-state index contributed by atoms with van der Waals surface area (Å²) < 4.78 is 11.5. The van der Waals surface area contributed by atoms with E-state index in [1.807, 2.05) is 0 Å². The first-order valence-electron chi connectivity index (χ1n) is 17.5. The Balaban J connectivity index is 1.27. The van der Waals surface area contributed by atoms with Crippen LogP contribution in [0.5, 0.6) is 0 Å². The van der Waals surface area contributed by atoms with Gasteiger partial charge in [0.2, 0.25) is 0 Å². The molecule has 0 aliphatic heterocycles. The van der Waals surface area contributed by atoms with Gasteiger partial charge < -0.3 is 13.6 Å². The Kier molecular flexibility index (Phi) is 5.23. The molecule has 0 atom stereocenters. The van der Waals surface area contributed by atoms with Gasteiger partial charge >= 0.3 is 0 Å². The highest BCUT2D eigenvalue weighted by molar-refractivity contribution is 6.35. The summed E-state index contributed by atoms with van der Waals surface area (Å²) in [5.74, 6) is 0. The number of para-hydroxylation sites is 3. The third-order valence-electron chi connectivity index (χ3n) is 11.0. The van der Waals surface area contributed by atoms with E-state index in [1.165, 1.54) is 87.1 Å². The first-order valence-corrected chi connectivity index (χ1v) is 17.5. The Morgan fingerprint density at radius 1 is 0.314 bits per heavy atom. The lowest BCUT2D eigenvalue weighted by atomic mass is 9.91. The zero-order valence-corrected chi connectivity index (χ0v) is 27.5. The van der Waals surface area contributed by atoms with E-state index in [0.29, 0.717) is 0 Å². The van der Waals surface area contributed by atoms with Gasteiger partial charge in [-0.25, -0.2) is 0 Å². The Bertz CT molecular complexity index is 3340. The molecule has 0 saturated carbocycles. The molecule has 0 bridgehead atoms. The zero-order valence-electron chi connectivity index (χ0n) is 27.5. The SMILES string of the molecule is c1ccc(-c2ccc3c(c2)c2c(-n4c5ccccc5c5cc6c(cc54)c4ccccc4n6-c4ccccc4)ccc4oc5cccc3c5c42)cc1. The van der Waals surface area contributed by atoms with E-state index in [1.54, 1.807) is 0 Å². The Morgan fingerprint density at radius 2 is 0.941 bits per heavy atom. The fourth-order valence-electron chi connectivity index (χ4n) is 8.92. The molecule has 0 unspecified atom stereocenters. The normalized spacial score (nSPS) is 12.3. The van der Waals surface area contributed by atoms with E-state index in [9.17, 15) is 0 Å². The minimum absolute atomic E-state index is 0.918. The lowest BCUT2D eigenvalue weighted by Crippen LogP contribution is -1.97. The number of furan rings is 1. The second-order valence-corrected chi connectivity index (χ2v) is 13.7. The van der Waals surface area contributed by atoms with Gasteiger partial charge in [0.1, 0.15) is 11.2 Å². The smallest absolute Gasteiger partial charge is 0.136 e. The molecule has 3 aromatic heterocycles. The largest absolute Gasteiger partial charge is 0.456 e. The summed E-state index contributed by atoms with van der Waals surface area (Å²) in [6.45, 7) is 0. The summed E-state index contributed by atoms with van der Waals surface area (Å²) in [4.78, 5) is 0. The van der Waals surface area contributed by atoms with Gasteiger partial charge in [0.15, 0.2) is 0 Å². The van der Waals surface area contributed by atoms with Crippen LogP contribution in [-0.4, -0.2) is 9.13 Å². The van der Waals surface area contributed by atoms with Crippen molar-refractivity contribution >= 4 is 87.1 Å². The van der Waals surface area contributed by atoms with Crippen LogP contribution in [0.25, 0.3) is 110 Å². The van der Waals surface area contributed by atoms with Crippen LogP contribution in [0, 0.1) is 0 Å². The van der Waals surface area contributed by atoms with Crippen LogP contribution in [0.15, 0.2) is 174 Å². The standard InChI is InChI=1S/C48H28N2O/c1-3-12-29(13-4-1)30-22-23-32-35-18-11-21-44-47(35)48-45(51-44)25-24-41(46(48)38(32)26-30)50-40-20-10-8-17-34(40)37-27-42-36(28-43(37)50)33-16-7-9-19-39(33)49(42)31-14-5-2-6-15-31/h1-28H. The van der Waals surface area contributed by atoms with Gasteiger partial charge in [-0.2, -0.15) is 0 Å². The maximum Gasteiger partial charge on any atom is 0.136 e. The second kappa shape index (κ2) is 9.87. The van der Waals surface area contributed by atoms with E-state index in [4.69, 9.17) is 4.42 Å². The molecule has 0 fully saturated rings. The molecule has 0 spiro atoms. The predicted molar refractivity (Wildman–Crippen MR) is 214 cm³/mol. The number of aromatic nitrogens is 2. The molecule has 0 amide bonds. The van der Waals surface area contributed by atoms with Crippen molar-refractivity contribution in [1.29, 1.82) is 0 Å².